The molecular formula is BF4Li. The van der Waals surface area contributed by atoms with Crippen molar-refractivity contribution in [3.05, 3.63) is 0 Å². The summed E-state index contributed by atoms with van der Waals surface area (Å²) in [5.41, 5.74) is 0. The molecule has 32 valence electrons. The van der Waals surface area contributed by atoms with E-state index in [-0.39, 0.29) is 18.9 Å². The van der Waals surface area contributed by atoms with E-state index < -0.39 is 7.25 Å². The summed E-state index contributed by atoms with van der Waals surface area (Å²) in [5, 5.41) is 0. The Hall–Kier alpha value is 0.382. The summed E-state index contributed by atoms with van der Waals surface area (Å²) in [5.74, 6) is 0. The zero-order chi connectivity index (χ0) is 4.50. The Bertz CT molecular complexity index is 23.0. The molecule has 6 heavy (non-hydrogen) atoms. The molecule has 0 aliphatic heterocycles. The van der Waals surface area contributed by atoms with Crippen LogP contribution in [0.1, 0.15) is 0 Å². The van der Waals surface area contributed by atoms with E-state index in [4.69, 9.17) is 0 Å². The van der Waals surface area contributed by atoms with Gasteiger partial charge in [0.15, 0.2) is 0 Å². The first-order valence-electron chi connectivity index (χ1n) is 0.873. The Morgan fingerprint density at radius 1 is 0.833 bits per heavy atom. The molecule has 0 aromatic carbocycles. The maximum atomic E-state index is 9.75. The summed E-state index contributed by atoms with van der Waals surface area (Å²) in [6.45, 7) is 0. The van der Waals surface area contributed by atoms with Gasteiger partial charge in [0.25, 0.3) is 0 Å². The van der Waals surface area contributed by atoms with Crippen molar-refractivity contribution in [3.63, 3.8) is 0 Å². The molecule has 0 aliphatic carbocycles. The van der Waals surface area contributed by atoms with E-state index in [9.17, 15) is 17.3 Å². The Morgan fingerprint density at radius 3 is 0.833 bits per heavy atom. The van der Waals surface area contributed by atoms with E-state index >= 15 is 0 Å². The minimum Gasteiger partial charge on any atom is -0.418 e. The molecule has 0 saturated heterocycles. The maximum Gasteiger partial charge on any atom is 1.00 e. The smallest absolute Gasteiger partial charge is 0.418 e. The quantitative estimate of drug-likeness (QED) is 0.247. The zero-order valence-corrected chi connectivity index (χ0v) is 3.09. The van der Waals surface area contributed by atoms with Crippen LogP contribution in [0.3, 0.4) is 0 Å². The number of hydrogen-bond acceptors (Lipinski definition) is 0. The maximum absolute atomic E-state index is 9.75. The molecule has 0 fully saturated rings. The average Bonchev–Trinajstić information content (AvgIpc) is 0.722. The summed E-state index contributed by atoms with van der Waals surface area (Å²) < 4.78 is 39.0. The van der Waals surface area contributed by atoms with Gasteiger partial charge in [0.05, 0.1) is 0 Å². The zero-order valence-electron chi connectivity index (χ0n) is 3.09. The van der Waals surface area contributed by atoms with Gasteiger partial charge >= 0.3 is 26.1 Å². The fourth-order valence-electron chi connectivity index (χ4n) is 0. The van der Waals surface area contributed by atoms with E-state index in [0.717, 1.165) is 0 Å². The average molecular weight is 92.8 g/mol. The number of hydrogen-bond donors (Lipinski definition) is 0. The van der Waals surface area contributed by atoms with Gasteiger partial charge in [-0.2, -0.15) is 0 Å². The molecule has 0 bridgehead atoms. The fraction of sp³-hybridized carbons (Fsp3) is 0. The molecule has 0 radical (unpaired) electrons. The van der Waals surface area contributed by atoms with Gasteiger partial charge in [-0.3, -0.25) is 0 Å². The molecule has 0 N–H and O–H groups in total. The normalized spacial score (nSPS) is 10.0. The second-order valence-corrected chi connectivity index (χ2v) is 0.495. The van der Waals surface area contributed by atoms with Crippen LogP contribution < -0.4 is 18.9 Å². The molecule has 0 rings (SSSR count). The van der Waals surface area contributed by atoms with Crippen LogP contribution in [-0.4, -0.2) is 7.25 Å². The largest absolute Gasteiger partial charge is 1.00 e. The van der Waals surface area contributed by atoms with Crippen LogP contribution >= 0.6 is 0 Å². The van der Waals surface area contributed by atoms with Crippen LogP contribution in [0.2, 0.25) is 0 Å². The van der Waals surface area contributed by atoms with Crippen LogP contribution in [0.25, 0.3) is 0 Å². The van der Waals surface area contributed by atoms with Gasteiger partial charge in [-0.05, 0) is 0 Å². The predicted molar refractivity (Wildman–Crippen MR) is 10.2 cm³/mol. The summed E-state index contributed by atoms with van der Waals surface area (Å²) in [7, 11) is -6.00. The van der Waals surface area contributed by atoms with Gasteiger partial charge in [0, 0.05) is 0 Å². The second kappa shape index (κ2) is 2.54. The van der Waals surface area contributed by atoms with Crippen molar-refractivity contribution in [1.29, 1.82) is 0 Å². The van der Waals surface area contributed by atoms with Crippen molar-refractivity contribution in [1.82, 2.24) is 0 Å². The molecule has 6 heteroatoms. The fourth-order valence-corrected chi connectivity index (χ4v) is 0. The van der Waals surface area contributed by atoms with Crippen LogP contribution in [0.5, 0.6) is 0 Å². The van der Waals surface area contributed by atoms with Crippen LogP contribution in [0, 0.1) is 0 Å². The standard InChI is InChI=1S/BF4.Li/c2-1(3,4)5;/q-1;+1/i;1-1. The minimum absolute atomic E-state index is 0. The Balaban J connectivity index is 0. The first-order chi connectivity index (χ1) is 2.00. The summed E-state index contributed by atoms with van der Waals surface area (Å²) >= 11 is 0. The summed E-state index contributed by atoms with van der Waals surface area (Å²) in [4.78, 5) is 0. The SMILES string of the molecule is F[B-](F)(F)F.[6Li+]. The number of halogens is 4. The van der Waals surface area contributed by atoms with Gasteiger partial charge in [-0.1, -0.05) is 0 Å². The summed E-state index contributed by atoms with van der Waals surface area (Å²) in [6.07, 6.45) is 0. The van der Waals surface area contributed by atoms with Crippen molar-refractivity contribution < 1.29 is 36.1 Å². The molecule has 0 spiro atoms. The van der Waals surface area contributed by atoms with Gasteiger partial charge in [0.1, 0.15) is 0 Å². The van der Waals surface area contributed by atoms with Crippen molar-refractivity contribution in [2.45, 2.75) is 0 Å². The molecule has 0 nitrogen and oxygen atoms in total. The molecule has 0 atom stereocenters. The Morgan fingerprint density at radius 2 is 0.833 bits per heavy atom. The van der Waals surface area contributed by atoms with Crippen molar-refractivity contribution in [3.8, 4) is 0 Å². The topological polar surface area (TPSA) is 0 Å². The van der Waals surface area contributed by atoms with E-state index in [1.807, 2.05) is 0 Å². The van der Waals surface area contributed by atoms with Crippen molar-refractivity contribution in [2.24, 2.45) is 0 Å². The van der Waals surface area contributed by atoms with Crippen LogP contribution in [0.15, 0.2) is 0 Å². The van der Waals surface area contributed by atoms with Gasteiger partial charge in [-0.25, -0.2) is 0 Å². The molecule has 0 aromatic rings. The second-order valence-electron chi connectivity index (χ2n) is 0.495. The van der Waals surface area contributed by atoms with E-state index in [1.54, 1.807) is 0 Å². The third-order valence-corrected chi connectivity index (χ3v) is 0. The third-order valence-electron chi connectivity index (χ3n) is 0. The van der Waals surface area contributed by atoms with E-state index in [2.05, 4.69) is 0 Å². The monoisotopic (exact) mass is 93.0 g/mol. The molecule has 0 heterocycles. The third kappa shape index (κ3) is 343. The first kappa shape index (κ1) is 9.63. The van der Waals surface area contributed by atoms with Gasteiger partial charge in [0.2, 0.25) is 0 Å². The van der Waals surface area contributed by atoms with Crippen molar-refractivity contribution >= 4 is 7.25 Å². The molecular weight excluding hydrogens is 92.8 g/mol. The molecule has 0 unspecified atom stereocenters. The Kier molecular flexibility index (Phi) is 4.07. The van der Waals surface area contributed by atoms with Gasteiger partial charge < -0.3 is 17.3 Å². The van der Waals surface area contributed by atoms with E-state index in [0.29, 0.717) is 0 Å². The van der Waals surface area contributed by atoms with Crippen LogP contribution in [0.4, 0.5) is 17.3 Å². The molecule has 0 saturated carbocycles. The summed E-state index contributed by atoms with van der Waals surface area (Å²) in [6, 6.07) is 0. The Labute approximate surface area is 44.2 Å². The van der Waals surface area contributed by atoms with Crippen LogP contribution in [-0.2, 0) is 0 Å². The molecule has 0 aromatic heterocycles. The van der Waals surface area contributed by atoms with Crippen molar-refractivity contribution in [2.75, 3.05) is 0 Å². The minimum atomic E-state index is -6.00. The predicted octanol–water partition coefficient (Wildman–Crippen LogP) is -1.70. The molecule has 0 aliphatic rings. The first-order valence-corrected chi connectivity index (χ1v) is 0.873. The van der Waals surface area contributed by atoms with E-state index in [1.165, 1.54) is 0 Å². The number of rotatable bonds is 0. The van der Waals surface area contributed by atoms with Gasteiger partial charge in [-0.15, -0.1) is 0 Å². The molecule has 0 amide bonds.